The summed E-state index contributed by atoms with van der Waals surface area (Å²) < 4.78 is 4.83. The number of carbonyl (C=O) groups is 2. The molecule has 0 amide bonds. The van der Waals surface area contributed by atoms with Gasteiger partial charge in [-0.25, -0.2) is 4.79 Å². The van der Waals surface area contributed by atoms with Crippen LogP contribution in [-0.4, -0.2) is 17.3 Å². The van der Waals surface area contributed by atoms with Gasteiger partial charge in [0.25, 0.3) is 0 Å². The van der Waals surface area contributed by atoms with E-state index < -0.39 is 11.2 Å². The molecular formula is C9H11ClO3. The van der Waals surface area contributed by atoms with Gasteiger partial charge >= 0.3 is 5.97 Å². The van der Waals surface area contributed by atoms with Crippen LogP contribution in [0.15, 0.2) is 24.8 Å². The molecule has 0 rings (SSSR count). The van der Waals surface area contributed by atoms with E-state index in [0.717, 1.165) is 12.2 Å². The third-order valence-corrected chi connectivity index (χ3v) is 1.29. The number of esters is 1. The van der Waals surface area contributed by atoms with Crippen LogP contribution in [-0.2, 0) is 14.3 Å². The minimum Gasteiger partial charge on any atom is -0.459 e. The van der Waals surface area contributed by atoms with E-state index in [2.05, 4.69) is 6.58 Å². The lowest BCUT2D eigenvalue weighted by atomic mass is 10.3. The second-order valence-corrected chi connectivity index (χ2v) is 2.78. The summed E-state index contributed by atoms with van der Waals surface area (Å²) in [4.78, 5) is 21.1. The Kier molecular flexibility index (Phi) is 5.89. The summed E-state index contributed by atoms with van der Waals surface area (Å²) in [5.41, 5.74) is 0. The van der Waals surface area contributed by atoms with Crippen molar-refractivity contribution in [1.29, 1.82) is 0 Å². The largest absolute Gasteiger partial charge is 0.459 e. The van der Waals surface area contributed by atoms with E-state index in [1.165, 1.54) is 0 Å². The lowest BCUT2D eigenvalue weighted by molar-refractivity contribution is -0.142. The van der Waals surface area contributed by atoms with Crippen LogP contribution in [0.1, 0.15) is 13.3 Å². The summed E-state index contributed by atoms with van der Waals surface area (Å²) in [6.45, 7) is 5.23. The van der Waals surface area contributed by atoms with Gasteiger partial charge in [-0.2, -0.15) is 0 Å². The Balaban J connectivity index is 3.86. The van der Waals surface area contributed by atoms with E-state index in [4.69, 9.17) is 16.3 Å². The lowest BCUT2D eigenvalue weighted by Crippen LogP contribution is -2.11. The van der Waals surface area contributed by atoms with Crippen LogP contribution in [0.4, 0.5) is 0 Å². The Hall–Kier alpha value is -1.09. The minimum atomic E-state index is -0.701. The van der Waals surface area contributed by atoms with Crippen molar-refractivity contribution in [3.8, 4) is 0 Å². The fourth-order valence-corrected chi connectivity index (χ4v) is 0.717. The van der Waals surface area contributed by atoms with Crippen molar-refractivity contribution < 1.29 is 14.3 Å². The number of hydrogen-bond acceptors (Lipinski definition) is 3. The van der Waals surface area contributed by atoms with E-state index >= 15 is 0 Å². The number of allylic oxidation sites excluding steroid dienone is 1. The maximum Gasteiger partial charge on any atom is 0.331 e. The fraction of sp³-hybridized carbons (Fsp3) is 0.333. The van der Waals surface area contributed by atoms with Gasteiger partial charge in [0.15, 0.2) is 0 Å². The second-order valence-electron chi connectivity index (χ2n) is 2.41. The summed E-state index contributed by atoms with van der Waals surface area (Å²) in [5, 5.41) is -0.701. The minimum absolute atomic E-state index is 0.236. The normalized spacial score (nSPS) is 12.5. The fourth-order valence-electron chi connectivity index (χ4n) is 0.654. The third-order valence-electron chi connectivity index (χ3n) is 1.17. The molecule has 0 heterocycles. The van der Waals surface area contributed by atoms with Crippen molar-refractivity contribution in [1.82, 2.24) is 0 Å². The molecule has 0 aliphatic carbocycles. The Labute approximate surface area is 82.0 Å². The van der Waals surface area contributed by atoms with Gasteiger partial charge in [0.2, 0.25) is 5.24 Å². The maximum absolute atomic E-state index is 10.9. The van der Waals surface area contributed by atoms with Crippen LogP contribution in [0.2, 0.25) is 0 Å². The van der Waals surface area contributed by atoms with Crippen molar-refractivity contribution in [2.75, 3.05) is 0 Å². The molecule has 13 heavy (non-hydrogen) atoms. The van der Waals surface area contributed by atoms with E-state index in [1.54, 1.807) is 13.0 Å². The smallest absolute Gasteiger partial charge is 0.331 e. The second kappa shape index (κ2) is 6.43. The number of rotatable bonds is 5. The van der Waals surface area contributed by atoms with Crippen molar-refractivity contribution in [3.63, 3.8) is 0 Å². The van der Waals surface area contributed by atoms with Crippen LogP contribution < -0.4 is 0 Å². The third kappa shape index (κ3) is 7.28. The molecule has 0 N–H and O–H groups in total. The standard InChI is InChI=1S/C9H11ClO3/c1-3-4-7(2)13-9(12)6-5-8(10)11/h3,5-7H,1,4H2,2H3/b6-5+. The zero-order valence-corrected chi connectivity index (χ0v) is 8.08. The molecule has 0 fully saturated rings. The first kappa shape index (κ1) is 11.9. The molecule has 0 aromatic rings. The Morgan fingerprint density at radius 2 is 2.15 bits per heavy atom. The molecule has 3 nitrogen and oxygen atoms in total. The molecule has 0 aliphatic rings. The van der Waals surface area contributed by atoms with E-state index in [-0.39, 0.29) is 6.10 Å². The molecule has 72 valence electrons. The Morgan fingerprint density at radius 3 is 2.62 bits per heavy atom. The maximum atomic E-state index is 10.9. The quantitative estimate of drug-likeness (QED) is 0.296. The highest BCUT2D eigenvalue weighted by Crippen LogP contribution is 1.98. The number of hydrogen-bond donors (Lipinski definition) is 0. The number of halogens is 1. The Bertz CT molecular complexity index is 233. The molecule has 0 radical (unpaired) electrons. The van der Waals surface area contributed by atoms with E-state index in [1.807, 2.05) is 0 Å². The first-order valence-electron chi connectivity index (χ1n) is 3.75. The van der Waals surface area contributed by atoms with E-state index in [9.17, 15) is 9.59 Å². The summed E-state index contributed by atoms with van der Waals surface area (Å²) in [6.07, 6.45) is 3.93. The van der Waals surface area contributed by atoms with Gasteiger partial charge in [0.05, 0.1) is 0 Å². The molecule has 4 heteroatoms. The topological polar surface area (TPSA) is 43.4 Å². The van der Waals surface area contributed by atoms with Gasteiger partial charge < -0.3 is 4.74 Å². The monoisotopic (exact) mass is 202 g/mol. The predicted octanol–water partition coefficient (Wildman–Crippen LogP) is 1.82. The number of ether oxygens (including phenoxy) is 1. The van der Waals surface area contributed by atoms with Gasteiger partial charge in [-0.1, -0.05) is 6.08 Å². The van der Waals surface area contributed by atoms with Gasteiger partial charge in [-0.3, -0.25) is 4.79 Å². The lowest BCUT2D eigenvalue weighted by Gasteiger charge is -2.07. The summed E-state index contributed by atoms with van der Waals surface area (Å²) in [5.74, 6) is -0.580. The van der Waals surface area contributed by atoms with Crippen molar-refractivity contribution in [2.24, 2.45) is 0 Å². The molecule has 1 atom stereocenters. The average molecular weight is 203 g/mol. The first-order chi connectivity index (χ1) is 6.06. The summed E-state index contributed by atoms with van der Waals surface area (Å²) >= 11 is 4.97. The highest BCUT2D eigenvalue weighted by Gasteiger charge is 2.04. The Morgan fingerprint density at radius 1 is 1.54 bits per heavy atom. The van der Waals surface area contributed by atoms with Gasteiger partial charge in [-0.15, -0.1) is 6.58 Å². The molecule has 0 saturated carbocycles. The van der Waals surface area contributed by atoms with Crippen molar-refractivity contribution in [3.05, 3.63) is 24.8 Å². The first-order valence-corrected chi connectivity index (χ1v) is 4.13. The zero-order valence-electron chi connectivity index (χ0n) is 7.33. The molecule has 0 bridgehead atoms. The molecule has 1 unspecified atom stereocenters. The summed E-state index contributed by atoms with van der Waals surface area (Å²) in [6, 6.07) is 0. The molecule has 0 spiro atoms. The van der Waals surface area contributed by atoms with E-state index in [0.29, 0.717) is 6.42 Å². The summed E-state index contributed by atoms with van der Waals surface area (Å²) in [7, 11) is 0. The SMILES string of the molecule is C=CCC(C)OC(=O)/C=C/C(=O)Cl. The predicted molar refractivity (Wildman–Crippen MR) is 50.4 cm³/mol. The molecular weight excluding hydrogens is 192 g/mol. The van der Waals surface area contributed by atoms with Crippen molar-refractivity contribution in [2.45, 2.75) is 19.4 Å². The average Bonchev–Trinajstić information content (AvgIpc) is 2.01. The van der Waals surface area contributed by atoms with Crippen molar-refractivity contribution >= 4 is 22.8 Å². The van der Waals surface area contributed by atoms with Crippen LogP contribution in [0.25, 0.3) is 0 Å². The van der Waals surface area contributed by atoms with Crippen LogP contribution in [0.3, 0.4) is 0 Å². The molecule has 0 aromatic heterocycles. The zero-order chi connectivity index (χ0) is 10.3. The van der Waals surface area contributed by atoms with Crippen LogP contribution >= 0.6 is 11.6 Å². The molecule has 0 saturated heterocycles. The molecule has 0 aliphatic heterocycles. The highest BCUT2D eigenvalue weighted by molar-refractivity contribution is 6.66. The number of carbonyl (C=O) groups excluding carboxylic acids is 2. The van der Waals surface area contributed by atoms with Gasteiger partial charge in [-0.05, 0) is 18.5 Å². The van der Waals surface area contributed by atoms with Gasteiger partial charge in [0.1, 0.15) is 6.10 Å². The molecule has 0 aromatic carbocycles. The van der Waals surface area contributed by atoms with Gasteiger partial charge in [0, 0.05) is 18.6 Å². The van der Waals surface area contributed by atoms with Crippen LogP contribution in [0.5, 0.6) is 0 Å². The highest BCUT2D eigenvalue weighted by atomic mass is 35.5. The van der Waals surface area contributed by atoms with Crippen LogP contribution in [0, 0.1) is 0 Å².